The molecule has 1 saturated heterocycles. The van der Waals surface area contributed by atoms with Gasteiger partial charge in [0.25, 0.3) is 5.91 Å². The van der Waals surface area contributed by atoms with Crippen molar-refractivity contribution in [1.82, 2.24) is 14.9 Å². The Kier molecular flexibility index (Phi) is 5.92. The lowest BCUT2D eigenvalue weighted by molar-refractivity contribution is -0.120. The van der Waals surface area contributed by atoms with Crippen LogP contribution in [0, 0.1) is 0 Å². The van der Waals surface area contributed by atoms with Crippen molar-refractivity contribution >= 4 is 21.8 Å². The molecule has 2 aromatic rings. The van der Waals surface area contributed by atoms with Crippen LogP contribution in [0.25, 0.3) is 0 Å². The molecule has 0 spiro atoms. The highest BCUT2D eigenvalue weighted by atomic mass is 32.2. The number of amides is 2. The van der Waals surface area contributed by atoms with Crippen molar-refractivity contribution < 1.29 is 22.4 Å². The number of nitrogens with zero attached hydrogens (tertiary/aromatic N) is 1. The summed E-state index contributed by atoms with van der Waals surface area (Å²) >= 11 is 0. The first-order valence-electron chi connectivity index (χ1n) is 8.64. The number of hydrogen-bond acceptors (Lipinski definition) is 5. The Hall–Kier alpha value is -2.65. The monoisotopic (exact) mass is 391 g/mol. The minimum Gasteiger partial charge on any atom is -0.467 e. The predicted octanol–water partition coefficient (Wildman–Crippen LogP) is 1.11. The van der Waals surface area contributed by atoms with Crippen molar-refractivity contribution in [3.8, 4) is 0 Å². The summed E-state index contributed by atoms with van der Waals surface area (Å²) in [5.74, 6) is -0.281. The van der Waals surface area contributed by atoms with E-state index in [1.807, 2.05) is 0 Å². The summed E-state index contributed by atoms with van der Waals surface area (Å²) < 4.78 is 31.7. The van der Waals surface area contributed by atoms with Gasteiger partial charge in [-0.25, -0.2) is 8.42 Å². The summed E-state index contributed by atoms with van der Waals surface area (Å²) in [5, 5.41) is 5.10. The van der Waals surface area contributed by atoms with Crippen LogP contribution in [0.1, 0.15) is 29.0 Å². The molecule has 27 heavy (non-hydrogen) atoms. The topological polar surface area (TPSA) is 109 Å². The molecule has 2 heterocycles. The van der Waals surface area contributed by atoms with Crippen LogP contribution in [-0.2, 0) is 21.4 Å². The second-order valence-corrected chi connectivity index (χ2v) is 8.12. The molecule has 0 radical (unpaired) electrons. The van der Waals surface area contributed by atoms with Crippen LogP contribution in [0.4, 0.5) is 0 Å². The average Bonchev–Trinajstić information content (AvgIpc) is 3.38. The van der Waals surface area contributed by atoms with Crippen molar-refractivity contribution in [2.24, 2.45) is 0 Å². The molecule has 2 amide bonds. The highest BCUT2D eigenvalue weighted by molar-refractivity contribution is 7.89. The van der Waals surface area contributed by atoms with Crippen LogP contribution in [0.2, 0.25) is 0 Å². The Morgan fingerprint density at radius 2 is 1.85 bits per heavy atom. The molecule has 1 fully saturated rings. The van der Waals surface area contributed by atoms with Gasteiger partial charge < -0.3 is 15.1 Å². The van der Waals surface area contributed by atoms with Gasteiger partial charge in [0.05, 0.1) is 24.2 Å². The van der Waals surface area contributed by atoms with Crippen LogP contribution in [0.15, 0.2) is 52.0 Å². The summed E-state index contributed by atoms with van der Waals surface area (Å²) in [5.41, 5.74) is 0.189. The molecule has 0 atom stereocenters. The van der Waals surface area contributed by atoms with Crippen molar-refractivity contribution in [3.63, 3.8) is 0 Å². The van der Waals surface area contributed by atoms with E-state index in [9.17, 15) is 18.0 Å². The van der Waals surface area contributed by atoms with Gasteiger partial charge >= 0.3 is 0 Å². The van der Waals surface area contributed by atoms with E-state index in [4.69, 9.17) is 4.42 Å². The second-order valence-electron chi connectivity index (χ2n) is 6.18. The molecule has 1 aliphatic rings. The molecule has 1 aromatic heterocycles. The molecule has 1 aromatic carbocycles. The Balaban J connectivity index is 1.57. The normalized spacial score (nSPS) is 14.8. The number of carbonyl (C=O) groups is 2. The molecule has 0 bridgehead atoms. The van der Waals surface area contributed by atoms with E-state index in [-0.39, 0.29) is 29.5 Å². The number of benzene rings is 1. The first-order valence-corrected chi connectivity index (χ1v) is 10.1. The van der Waals surface area contributed by atoms with Gasteiger partial charge in [-0.15, -0.1) is 0 Å². The highest BCUT2D eigenvalue weighted by Crippen LogP contribution is 2.21. The van der Waals surface area contributed by atoms with Crippen LogP contribution >= 0.6 is 0 Å². The Morgan fingerprint density at radius 3 is 2.56 bits per heavy atom. The lowest BCUT2D eigenvalue weighted by Crippen LogP contribution is -2.36. The third-order valence-electron chi connectivity index (χ3n) is 4.25. The van der Waals surface area contributed by atoms with Crippen LogP contribution in [-0.4, -0.2) is 44.2 Å². The smallest absolute Gasteiger partial charge is 0.251 e. The number of carbonyl (C=O) groups excluding carboxylic acids is 2. The molecule has 0 saturated carbocycles. The first-order chi connectivity index (χ1) is 13.0. The summed E-state index contributed by atoms with van der Waals surface area (Å²) in [7, 11) is -3.60. The fourth-order valence-electron chi connectivity index (χ4n) is 2.80. The number of hydrogen-bond donors (Lipinski definition) is 2. The summed E-state index contributed by atoms with van der Waals surface area (Å²) in [6.45, 7) is 0.997. The molecule has 0 unspecified atom stereocenters. The fraction of sp³-hybridized carbons (Fsp3) is 0.333. The summed E-state index contributed by atoms with van der Waals surface area (Å²) in [6, 6.07) is 9.29. The van der Waals surface area contributed by atoms with Gasteiger partial charge in [0.1, 0.15) is 5.76 Å². The van der Waals surface area contributed by atoms with E-state index >= 15 is 0 Å². The molecule has 9 heteroatoms. The molecule has 3 rings (SSSR count). The largest absolute Gasteiger partial charge is 0.467 e. The Bertz CT molecular complexity index is 903. The van der Waals surface area contributed by atoms with Gasteiger partial charge in [-0.2, -0.15) is 4.31 Å². The number of sulfonamides is 1. The fourth-order valence-corrected chi connectivity index (χ4v) is 4.36. The maximum absolute atomic E-state index is 12.6. The Labute approximate surface area is 157 Å². The third-order valence-corrected chi connectivity index (χ3v) is 6.14. The van der Waals surface area contributed by atoms with Crippen LogP contribution < -0.4 is 10.6 Å². The van der Waals surface area contributed by atoms with Crippen LogP contribution in [0.3, 0.4) is 0 Å². The molecule has 144 valence electrons. The number of furan rings is 1. The van der Waals surface area contributed by atoms with Gasteiger partial charge in [0.2, 0.25) is 15.9 Å². The van der Waals surface area contributed by atoms with E-state index in [2.05, 4.69) is 10.6 Å². The highest BCUT2D eigenvalue weighted by Gasteiger charge is 2.27. The zero-order valence-electron chi connectivity index (χ0n) is 14.7. The zero-order valence-corrected chi connectivity index (χ0v) is 15.5. The SMILES string of the molecule is O=C(CNC(=O)c1cccc(S(=O)(=O)N2CCCC2)c1)NCc1ccco1. The molecular weight excluding hydrogens is 370 g/mol. The van der Waals surface area contributed by atoms with Gasteiger partial charge in [-0.1, -0.05) is 6.07 Å². The maximum atomic E-state index is 12.6. The summed E-state index contributed by atoms with van der Waals surface area (Å²) in [6.07, 6.45) is 3.19. The Morgan fingerprint density at radius 1 is 1.07 bits per heavy atom. The van der Waals surface area contributed by atoms with Gasteiger partial charge in [0, 0.05) is 18.7 Å². The first kappa shape index (κ1) is 19.1. The van der Waals surface area contributed by atoms with E-state index < -0.39 is 15.9 Å². The lowest BCUT2D eigenvalue weighted by Gasteiger charge is -2.16. The maximum Gasteiger partial charge on any atom is 0.251 e. The molecule has 1 aliphatic heterocycles. The van der Waals surface area contributed by atoms with Crippen LogP contribution in [0.5, 0.6) is 0 Å². The van der Waals surface area contributed by atoms with Crippen molar-refractivity contribution in [1.29, 1.82) is 0 Å². The zero-order chi connectivity index (χ0) is 19.3. The molecular formula is C18H21N3O5S. The molecule has 8 nitrogen and oxygen atoms in total. The standard InChI is InChI=1S/C18H21N3O5S/c22-17(19-12-15-6-4-10-26-15)13-20-18(23)14-5-3-7-16(11-14)27(24,25)21-8-1-2-9-21/h3-7,10-11H,1-2,8-9,12-13H2,(H,19,22)(H,20,23). The van der Waals surface area contributed by atoms with E-state index in [0.717, 1.165) is 12.8 Å². The molecule has 0 aliphatic carbocycles. The van der Waals surface area contributed by atoms with Gasteiger partial charge in [0.15, 0.2) is 0 Å². The predicted molar refractivity (Wildman–Crippen MR) is 97.3 cm³/mol. The second kappa shape index (κ2) is 8.36. The van der Waals surface area contributed by atoms with Gasteiger partial charge in [-0.3, -0.25) is 9.59 Å². The van der Waals surface area contributed by atoms with E-state index in [0.29, 0.717) is 18.8 Å². The summed E-state index contributed by atoms with van der Waals surface area (Å²) in [4.78, 5) is 24.2. The average molecular weight is 391 g/mol. The third kappa shape index (κ3) is 4.75. The lowest BCUT2D eigenvalue weighted by atomic mass is 10.2. The minimum atomic E-state index is -3.60. The molecule has 2 N–H and O–H groups in total. The minimum absolute atomic E-state index is 0.0827. The van der Waals surface area contributed by atoms with Crippen molar-refractivity contribution in [2.75, 3.05) is 19.6 Å². The number of nitrogens with one attached hydrogen (secondary N) is 2. The number of rotatable bonds is 7. The van der Waals surface area contributed by atoms with Crippen molar-refractivity contribution in [2.45, 2.75) is 24.3 Å². The van der Waals surface area contributed by atoms with Gasteiger partial charge in [-0.05, 0) is 43.2 Å². The van der Waals surface area contributed by atoms with E-state index in [1.54, 1.807) is 12.1 Å². The van der Waals surface area contributed by atoms with Crippen molar-refractivity contribution in [3.05, 3.63) is 54.0 Å². The van der Waals surface area contributed by atoms with E-state index in [1.165, 1.54) is 34.8 Å². The quantitative estimate of drug-likeness (QED) is 0.735.